The molecule has 1 aromatic rings. The Morgan fingerprint density at radius 3 is 2.47 bits per heavy atom. The van der Waals surface area contributed by atoms with Crippen molar-refractivity contribution in [1.82, 2.24) is 0 Å². The van der Waals surface area contributed by atoms with Gasteiger partial charge in [0.05, 0.1) is 10.6 Å². The van der Waals surface area contributed by atoms with Crippen LogP contribution in [0.2, 0.25) is 0 Å². The number of ketones is 1. The van der Waals surface area contributed by atoms with Gasteiger partial charge in [-0.25, -0.2) is 8.42 Å². The van der Waals surface area contributed by atoms with Crippen molar-refractivity contribution in [2.45, 2.75) is 38.0 Å². The van der Waals surface area contributed by atoms with Gasteiger partial charge in [0.2, 0.25) is 0 Å². The molecule has 0 heterocycles. The maximum absolute atomic E-state index is 11.7. The molecule has 0 saturated carbocycles. The van der Waals surface area contributed by atoms with Crippen LogP contribution in [0.15, 0.2) is 23.1 Å². The fourth-order valence-electron chi connectivity index (χ4n) is 1.81. The van der Waals surface area contributed by atoms with Crippen molar-refractivity contribution >= 4 is 21.3 Å². The van der Waals surface area contributed by atoms with Gasteiger partial charge < -0.3 is 5.32 Å². The van der Waals surface area contributed by atoms with Crippen molar-refractivity contribution in [3.8, 4) is 0 Å². The highest BCUT2D eigenvalue weighted by atomic mass is 32.2. The first kappa shape index (κ1) is 15.7. The third kappa shape index (κ3) is 4.67. The first-order valence-corrected chi connectivity index (χ1v) is 8.34. The molecule has 0 amide bonds. The van der Waals surface area contributed by atoms with Crippen LogP contribution in [0.5, 0.6) is 0 Å². The molecular formula is C14H21NO3S. The van der Waals surface area contributed by atoms with Crippen molar-refractivity contribution in [3.05, 3.63) is 23.8 Å². The Labute approximate surface area is 115 Å². The highest BCUT2D eigenvalue weighted by molar-refractivity contribution is 7.90. The van der Waals surface area contributed by atoms with Gasteiger partial charge >= 0.3 is 0 Å². The Bertz CT molecular complexity index is 550. The second kappa shape index (κ2) is 6.70. The molecule has 1 rings (SSSR count). The number of rotatable bonds is 7. The van der Waals surface area contributed by atoms with E-state index < -0.39 is 9.84 Å². The van der Waals surface area contributed by atoms with Crippen LogP contribution in [-0.2, 0) is 9.84 Å². The van der Waals surface area contributed by atoms with Gasteiger partial charge in [-0.3, -0.25) is 4.79 Å². The number of unbranched alkanes of at least 4 members (excludes halogenated alkanes) is 2. The van der Waals surface area contributed by atoms with Crippen LogP contribution in [0.3, 0.4) is 0 Å². The zero-order chi connectivity index (χ0) is 14.5. The van der Waals surface area contributed by atoms with E-state index in [9.17, 15) is 13.2 Å². The number of carbonyl (C=O) groups excluding carboxylic acids is 1. The van der Waals surface area contributed by atoms with E-state index >= 15 is 0 Å². The number of anilines is 1. The predicted molar refractivity (Wildman–Crippen MR) is 77.6 cm³/mol. The van der Waals surface area contributed by atoms with Gasteiger partial charge in [0, 0.05) is 18.4 Å². The molecule has 0 aliphatic carbocycles. The molecule has 5 heteroatoms. The molecule has 0 aliphatic heterocycles. The first-order chi connectivity index (χ1) is 8.86. The third-order valence-electron chi connectivity index (χ3n) is 2.88. The van der Waals surface area contributed by atoms with Crippen LogP contribution >= 0.6 is 0 Å². The summed E-state index contributed by atoms with van der Waals surface area (Å²) in [6.45, 7) is 4.28. The smallest absolute Gasteiger partial charge is 0.177 e. The van der Waals surface area contributed by atoms with E-state index in [1.807, 2.05) is 0 Å². The average molecular weight is 283 g/mol. The number of carbonyl (C=O) groups is 1. The zero-order valence-corrected chi connectivity index (χ0v) is 12.5. The summed E-state index contributed by atoms with van der Waals surface area (Å²) >= 11 is 0. The van der Waals surface area contributed by atoms with Crippen LogP contribution < -0.4 is 5.32 Å². The molecule has 0 radical (unpaired) electrons. The van der Waals surface area contributed by atoms with Crippen molar-refractivity contribution in [3.63, 3.8) is 0 Å². The van der Waals surface area contributed by atoms with E-state index in [0.717, 1.165) is 19.3 Å². The molecular weight excluding hydrogens is 262 g/mol. The lowest BCUT2D eigenvalue weighted by molar-refractivity contribution is 0.101. The maximum atomic E-state index is 11.7. The van der Waals surface area contributed by atoms with Crippen LogP contribution in [0.1, 0.15) is 43.5 Å². The highest BCUT2D eigenvalue weighted by Crippen LogP contribution is 2.23. The summed E-state index contributed by atoms with van der Waals surface area (Å²) in [5, 5.41) is 3.12. The quantitative estimate of drug-likeness (QED) is 0.617. The Kier molecular flexibility index (Phi) is 5.54. The lowest BCUT2D eigenvalue weighted by Crippen LogP contribution is -2.09. The first-order valence-electron chi connectivity index (χ1n) is 6.45. The van der Waals surface area contributed by atoms with E-state index in [-0.39, 0.29) is 10.7 Å². The molecule has 0 bridgehead atoms. The lowest BCUT2D eigenvalue weighted by atomic mass is 10.1. The summed E-state index contributed by atoms with van der Waals surface area (Å²) in [6.07, 6.45) is 4.35. The molecule has 0 aliphatic rings. The van der Waals surface area contributed by atoms with Crippen LogP contribution in [0.4, 0.5) is 5.69 Å². The van der Waals surface area contributed by atoms with Crippen LogP contribution in [0.25, 0.3) is 0 Å². The van der Waals surface area contributed by atoms with Crippen molar-refractivity contribution in [1.29, 1.82) is 0 Å². The minimum Gasteiger partial charge on any atom is -0.384 e. The van der Waals surface area contributed by atoms with E-state index in [2.05, 4.69) is 12.2 Å². The monoisotopic (exact) mass is 283 g/mol. The van der Waals surface area contributed by atoms with Gasteiger partial charge in [0.15, 0.2) is 15.6 Å². The molecule has 0 unspecified atom stereocenters. The minimum atomic E-state index is -3.29. The largest absolute Gasteiger partial charge is 0.384 e. The Balaban J connectivity index is 3.01. The Morgan fingerprint density at radius 1 is 1.26 bits per heavy atom. The second-order valence-electron chi connectivity index (χ2n) is 4.67. The molecule has 106 valence electrons. The summed E-state index contributed by atoms with van der Waals surface area (Å²) in [5.41, 5.74) is 1.04. The topological polar surface area (TPSA) is 63.2 Å². The summed E-state index contributed by atoms with van der Waals surface area (Å²) in [7, 11) is -3.29. The Morgan fingerprint density at radius 2 is 1.95 bits per heavy atom. The molecule has 1 aromatic carbocycles. The molecule has 1 N–H and O–H groups in total. The van der Waals surface area contributed by atoms with Crippen molar-refractivity contribution in [2.24, 2.45) is 0 Å². The number of Topliss-reactive ketones (excluding diaryl/α,β-unsaturated/α-hetero) is 1. The van der Waals surface area contributed by atoms with E-state index in [0.29, 0.717) is 17.8 Å². The van der Waals surface area contributed by atoms with Gasteiger partial charge in [-0.05, 0) is 31.5 Å². The van der Waals surface area contributed by atoms with Gasteiger partial charge in [-0.1, -0.05) is 19.8 Å². The van der Waals surface area contributed by atoms with Crippen molar-refractivity contribution in [2.75, 3.05) is 18.1 Å². The molecule has 0 saturated heterocycles. The predicted octanol–water partition coefficient (Wildman–Crippen LogP) is 2.89. The highest BCUT2D eigenvalue weighted by Gasteiger charge is 2.14. The fraction of sp³-hybridized carbons (Fsp3) is 0.500. The van der Waals surface area contributed by atoms with Crippen LogP contribution in [0, 0.1) is 0 Å². The molecule has 19 heavy (non-hydrogen) atoms. The van der Waals surface area contributed by atoms with E-state index in [1.54, 1.807) is 12.1 Å². The van der Waals surface area contributed by atoms with E-state index in [1.165, 1.54) is 19.2 Å². The summed E-state index contributed by atoms with van der Waals surface area (Å²) in [4.78, 5) is 11.6. The summed E-state index contributed by atoms with van der Waals surface area (Å²) in [5.74, 6) is -0.0725. The minimum absolute atomic E-state index is 0.0725. The van der Waals surface area contributed by atoms with Gasteiger partial charge in [0.1, 0.15) is 0 Å². The molecule has 4 nitrogen and oxygen atoms in total. The number of benzene rings is 1. The molecule has 0 atom stereocenters. The normalized spacial score (nSPS) is 11.3. The number of nitrogens with one attached hydrogen (secondary N) is 1. The van der Waals surface area contributed by atoms with Gasteiger partial charge in [-0.15, -0.1) is 0 Å². The number of hydrogen-bond acceptors (Lipinski definition) is 4. The number of hydrogen-bond donors (Lipinski definition) is 1. The average Bonchev–Trinajstić information content (AvgIpc) is 2.33. The fourth-order valence-corrected chi connectivity index (χ4v) is 2.65. The SMILES string of the molecule is CCCCCNc1cc(C(C)=O)ccc1S(C)(=O)=O. The maximum Gasteiger partial charge on any atom is 0.177 e. The molecule has 0 fully saturated rings. The number of sulfone groups is 1. The Hall–Kier alpha value is -1.36. The zero-order valence-electron chi connectivity index (χ0n) is 11.7. The van der Waals surface area contributed by atoms with Gasteiger partial charge in [0.25, 0.3) is 0 Å². The standard InChI is InChI=1S/C14H21NO3S/c1-4-5-6-9-15-13-10-12(11(2)16)7-8-14(13)19(3,17)18/h7-8,10,15H,4-6,9H2,1-3H3. The van der Waals surface area contributed by atoms with Crippen molar-refractivity contribution < 1.29 is 13.2 Å². The molecule has 0 spiro atoms. The molecule has 0 aromatic heterocycles. The lowest BCUT2D eigenvalue weighted by Gasteiger charge is -2.12. The summed E-state index contributed by atoms with van der Waals surface area (Å²) in [6, 6.07) is 4.66. The third-order valence-corrected chi connectivity index (χ3v) is 4.04. The second-order valence-corrected chi connectivity index (χ2v) is 6.66. The van der Waals surface area contributed by atoms with E-state index in [4.69, 9.17) is 0 Å². The summed E-state index contributed by atoms with van der Waals surface area (Å²) < 4.78 is 23.4. The van der Waals surface area contributed by atoms with Crippen LogP contribution in [-0.4, -0.2) is 27.0 Å². The van der Waals surface area contributed by atoms with Gasteiger partial charge in [-0.2, -0.15) is 0 Å².